The van der Waals surface area contributed by atoms with Gasteiger partial charge in [0.25, 0.3) is 0 Å². The quantitative estimate of drug-likeness (QED) is 0.845. The fourth-order valence-corrected chi connectivity index (χ4v) is 3.48. The standard InChI is InChI=1S/C15H20N2OS/c1-11(2)17(9-13-5-4-6-19-13)14(18)15(10-16)7-12(3)8-15/h4-6,11-12H,7-9H2,1-3H3. The van der Waals surface area contributed by atoms with Gasteiger partial charge in [-0.05, 0) is 44.1 Å². The molecule has 1 aromatic rings. The zero-order chi connectivity index (χ0) is 14.0. The first-order chi connectivity index (χ1) is 8.98. The van der Waals surface area contributed by atoms with E-state index in [4.69, 9.17) is 0 Å². The van der Waals surface area contributed by atoms with Crippen LogP contribution in [0.15, 0.2) is 17.5 Å². The van der Waals surface area contributed by atoms with E-state index in [-0.39, 0.29) is 11.9 Å². The summed E-state index contributed by atoms with van der Waals surface area (Å²) in [6, 6.07) is 6.43. The molecule has 4 heteroatoms. The molecule has 0 aliphatic heterocycles. The molecule has 0 spiro atoms. The van der Waals surface area contributed by atoms with Crippen molar-refractivity contribution in [2.75, 3.05) is 0 Å². The number of carbonyl (C=O) groups excluding carboxylic acids is 1. The van der Waals surface area contributed by atoms with E-state index in [1.807, 2.05) is 36.3 Å². The van der Waals surface area contributed by atoms with Gasteiger partial charge in [0, 0.05) is 10.9 Å². The highest BCUT2D eigenvalue weighted by Crippen LogP contribution is 2.46. The van der Waals surface area contributed by atoms with Gasteiger partial charge in [-0.15, -0.1) is 11.3 Å². The molecule has 0 radical (unpaired) electrons. The lowest BCUT2D eigenvalue weighted by atomic mass is 9.62. The number of carbonyl (C=O) groups is 1. The van der Waals surface area contributed by atoms with Gasteiger partial charge in [0.15, 0.2) is 0 Å². The molecule has 1 heterocycles. The molecule has 102 valence electrons. The van der Waals surface area contributed by atoms with E-state index in [9.17, 15) is 10.1 Å². The van der Waals surface area contributed by atoms with Crippen molar-refractivity contribution in [2.24, 2.45) is 11.3 Å². The fraction of sp³-hybridized carbons (Fsp3) is 0.600. The maximum Gasteiger partial charge on any atom is 0.243 e. The predicted molar refractivity (Wildman–Crippen MR) is 76.4 cm³/mol. The van der Waals surface area contributed by atoms with Crippen molar-refractivity contribution >= 4 is 17.2 Å². The SMILES string of the molecule is CC1CC(C#N)(C(=O)N(Cc2cccs2)C(C)C)C1. The Morgan fingerprint density at radius 1 is 1.63 bits per heavy atom. The van der Waals surface area contributed by atoms with Crippen LogP contribution in [-0.2, 0) is 11.3 Å². The minimum absolute atomic E-state index is 0.0106. The van der Waals surface area contributed by atoms with Crippen LogP contribution in [0, 0.1) is 22.7 Å². The summed E-state index contributed by atoms with van der Waals surface area (Å²) >= 11 is 1.65. The molecule has 1 aromatic heterocycles. The number of hydrogen-bond acceptors (Lipinski definition) is 3. The molecule has 0 bridgehead atoms. The van der Waals surface area contributed by atoms with E-state index in [0.717, 1.165) is 0 Å². The first-order valence-electron chi connectivity index (χ1n) is 6.73. The zero-order valence-corrected chi connectivity index (χ0v) is 12.5. The number of nitrogens with zero attached hydrogens (tertiary/aromatic N) is 2. The molecule has 3 nitrogen and oxygen atoms in total. The van der Waals surface area contributed by atoms with E-state index in [1.54, 1.807) is 11.3 Å². The molecule has 0 aromatic carbocycles. The highest BCUT2D eigenvalue weighted by molar-refractivity contribution is 7.09. The molecule has 1 amide bonds. The summed E-state index contributed by atoms with van der Waals surface area (Å²) in [6.45, 7) is 6.74. The Morgan fingerprint density at radius 3 is 2.74 bits per heavy atom. The van der Waals surface area contributed by atoms with Crippen LogP contribution in [0.1, 0.15) is 38.5 Å². The Bertz CT molecular complexity index is 481. The van der Waals surface area contributed by atoms with E-state index in [0.29, 0.717) is 25.3 Å². The normalized spacial score (nSPS) is 25.7. The van der Waals surface area contributed by atoms with Crippen LogP contribution in [0.3, 0.4) is 0 Å². The first kappa shape index (κ1) is 14.1. The lowest BCUT2D eigenvalue weighted by Gasteiger charge is -2.43. The topological polar surface area (TPSA) is 44.1 Å². The fourth-order valence-electron chi connectivity index (χ4n) is 2.78. The van der Waals surface area contributed by atoms with E-state index in [1.165, 1.54) is 4.88 Å². The highest BCUT2D eigenvalue weighted by Gasteiger charge is 2.51. The number of hydrogen-bond donors (Lipinski definition) is 0. The lowest BCUT2D eigenvalue weighted by molar-refractivity contribution is -0.147. The third-order valence-electron chi connectivity index (χ3n) is 3.81. The van der Waals surface area contributed by atoms with Crippen LogP contribution in [0.2, 0.25) is 0 Å². The Balaban J connectivity index is 2.15. The molecule has 0 N–H and O–H groups in total. The molecule has 1 saturated carbocycles. The molecular weight excluding hydrogens is 256 g/mol. The third-order valence-corrected chi connectivity index (χ3v) is 4.67. The first-order valence-corrected chi connectivity index (χ1v) is 7.61. The summed E-state index contributed by atoms with van der Waals surface area (Å²) < 4.78 is 0. The van der Waals surface area contributed by atoms with Gasteiger partial charge < -0.3 is 4.90 Å². The van der Waals surface area contributed by atoms with Gasteiger partial charge in [-0.3, -0.25) is 4.79 Å². The molecule has 0 unspecified atom stereocenters. The van der Waals surface area contributed by atoms with Crippen molar-refractivity contribution in [1.29, 1.82) is 5.26 Å². The van der Waals surface area contributed by atoms with Gasteiger partial charge in [0.05, 0.1) is 12.6 Å². The van der Waals surface area contributed by atoms with Crippen molar-refractivity contribution in [2.45, 2.75) is 46.2 Å². The molecule has 1 aliphatic rings. The monoisotopic (exact) mass is 276 g/mol. The Morgan fingerprint density at radius 2 is 2.32 bits per heavy atom. The molecule has 1 fully saturated rings. The Labute approximate surface area is 118 Å². The van der Waals surface area contributed by atoms with Gasteiger partial charge in [0.1, 0.15) is 5.41 Å². The lowest BCUT2D eigenvalue weighted by Crippen LogP contribution is -2.51. The Hall–Kier alpha value is -1.34. The molecule has 0 atom stereocenters. The van der Waals surface area contributed by atoms with Crippen LogP contribution in [0.25, 0.3) is 0 Å². The molecule has 1 aliphatic carbocycles. The summed E-state index contributed by atoms with van der Waals surface area (Å²) in [5.41, 5.74) is -0.763. The van der Waals surface area contributed by atoms with Gasteiger partial charge >= 0.3 is 0 Å². The van der Waals surface area contributed by atoms with Gasteiger partial charge in [0.2, 0.25) is 5.91 Å². The zero-order valence-electron chi connectivity index (χ0n) is 11.7. The highest BCUT2D eigenvalue weighted by atomic mass is 32.1. The van der Waals surface area contributed by atoms with Crippen LogP contribution in [0.5, 0.6) is 0 Å². The van der Waals surface area contributed by atoms with Crippen molar-refractivity contribution in [1.82, 2.24) is 4.90 Å². The third kappa shape index (κ3) is 2.66. The molecule has 2 rings (SSSR count). The largest absolute Gasteiger partial charge is 0.334 e. The summed E-state index contributed by atoms with van der Waals surface area (Å²) in [4.78, 5) is 15.7. The summed E-state index contributed by atoms with van der Waals surface area (Å²) in [5, 5.41) is 11.4. The van der Waals surface area contributed by atoms with Crippen molar-refractivity contribution < 1.29 is 4.79 Å². The van der Waals surface area contributed by atoms with E-state index >= 15 is 0 Å². The second-order valence-corrected chi connectivity index (χ2v) is 6.85. The van der Waals surface area contributed by atoms with Gasteiger partial charge in [-0.25, -0.2) is 0 Å². The number of nitriles is 1. The van der Waals surface area contributed by atoms with Gasteiger partial charge in [-0.2, -0.15) is 5.26 Å². The second kappa shape index (κ2) is 5.34. The van der Waals surface area contributed by atoms with Gasteiger partial charge in [-0.1, -0.05) is 13.0 Å². The van der Waals surface area contributed by atoms with E-state index in [2.05, 4.69) is 13.0 Å². The average molecular weight is 276 g/mol. The number of thiophene rings is 1. The minimum Gasteiger partial charge on any atom is -0.334 e. The maximum atomic E-state index is 12.7. The van der Waals surface area contributed by atoms with Crippen LogP contribution in [-0.4, -0.2) is 16.8 Å². The average Bonchev–Trinajstić information content (AvgIpc) is 2.83. The maximum absolute atomic E-state index is 12.7. The van der Waals surface area contributed by atoms with Crippen molar-refractivity contribution in [3.63, 3.8) is 0 Å². The second-order valence-electron chi connectivity index (χ2n) is 5.81. The van der Waals surface area contributed by atoms with Crippen molar-refractivity contribution in [3.05, 3.63) is 22.4 Å². The van der Waals surface area contributed by atoms with Crippen LogP contribution < -0.4 is 0 Å². The number of rotatable bonds is 4. The van der Waals surface area contributed by atoms with Crippen LogP contribution in [0.4, 0.5) is 0 Å². The predicted octanol–water partition coefficient (Wildman–Crippen LogP) is 3.42. The summed E-state index contributed by atoms with van der Waals surface area (Å²) in [6.07, 6.45) is 1.41. The smallest absolute Gasteiger partial charge is 0.243 e. The molecule has 0 saturated heterocycles. The van der Waals surface area contributed by atoms with Crippen molar-refractivity contribution in [3.8, 4) is 6.07 Å². The number of amides is 1. The minimum atomic E-state index is -0.763. The van der Waals surface area contributed by atoms with Crippen LogP contribution >= 0.6 is 11.3 Å². The molecular formula is C15H20N2OS. The Kier molecular flexibility index (Phi) is 3.96. The molecule has 19 heavy (non-hydrogen) atoms. The van der Waals surface area contributed by atoms with E-state index < -0.39 is 5.41 Å². The summed E-state index contributed by atoms with van der Waals surface area (Å²) in [5.74, 6) is 0.496. The summed E-state index contributed by atoms with van der Waals surface area (Å²) in [7, 11) is 0.